The molecule has 0 aliphatic carbocycles. The van der Waals surface area contributed by atoms with Crippen LogP contribution in [-0.4, -0.2) is 36.5 Å². The second-order valence-electron chi connectivity index (χ2n) is 6.30. The van der Waals surface area contributed by atoms with Crippen LogP contribution in [0.15, 0.2) is 24.3 Å². The third-order valence-corrected chi connectivity index (χ3v) is 6.84. The van der Waals surface area contributed by atoms with Gasteiger partial charge in [0.25, 0.3) is 0 Å². The maximum atomic E-state index is 12.3. The molecule has 4 nitrogen and oxygen atoms in total. The molecular formula is C17H23ClN2O2S. The summed E-state index contributed by atoms with van der Waals surface area (Å²) >= 11 is 6.04. The van der Waals surface area contributed by atoms with Gasteiger partial charge in [0.15, 0.2) is 0 Å². The zero-order valence-corrected chi connectivity index (χ0v) is 15.0. The number of rotatable bonds is 5. The van der Waals surface area contributed by atoms with Gasteiger partial charge in [-0.05, 0) is 43.5 Å². The molecule has 0 radical (unpaired) electrons. The van der Waals surface area contributed by atoms with Crippen LogP contribution in [0.2, 0.25) is 5.02 Å². The molecular weight excluding hydrogens is 332 g/mol. The number of benzene rings is 1. The Labute approximate surface area is 142 Å². The Bertz CT molecular complexity index is 777. The Morgan fingerprint density at radius 2 is 2.00 bits per heavy atom. The lowest BCUT2D eigenvalue weighted by Gasteiger charge is -2.30. The second-order valence-corrected chi connectivity index (χ2v) is 8.82. The zero-order chi connectivity index (χ0) is 16.4. The van der Waals surface area contributed by atoms with Crippen molar-refractivity contribution < 1.29 is 8.42 Å². The van der Waals surface area contributed by atoms with Crippen LogP contribution in [0.3, 0.4) is 0 Å². The van der Waals surface area contributed by atoms with Crippen LogP contribution < -0.4 is 0 Å². The van der Waals surface area contributed by atoms with Gasteiger partial charge in [0.2, 0.25) is 10.0 Å². The van der Waals surface area contributed by atoms with E-state index in [1.807, 2.05) is 25.1 Å². The highest BCUT2D eigenvalue weighted by Gasteiger charge is 2.28. The number of piperidine rings is 1. The first-order valence-electron chi connectivity index (χ1n) is 8.25. The summed E-state index contributed by atoms with van der Waals surface area (Å²) in [5.41, 5.74) is 2.27. The number of fused-ring (bicyclic) bond motifs is 1. The molecule has 0 amide bonds. The van der Waals surface area contributed by atoms with Crippen LogP contribution in [-0.2, 0) is 10.0 Å². The van der Waals surface area contributed by atoms with Crippen LogP contribution in [0.5, 0.6) is 0 Å². The number of halogens is 1. The average Bonchev–Trinajstić information content (AvgIpc) is 2.96. The molecule has 1 saturated heterocycles. The molecule has 0 bridgehead atoms. The normalized spacial score (nSPS) is 17.8. The van der Waals surface area contributed by atoms with E-state index in [2.05, 4.69) is 11.1 Å². The van der Waals surface area contributed by atoms with Gasteiger partial charge < -0.3 is 4.98 Å². The monoisotopic (exact) mass is 354 g/mol. The lowest BCUT2D eigenvalue weighted by molar-refractivity contribution is 0.317. The third kappa shape index (κ3) is 3.73. The Morgan fingerprint density at radius 3 is 2.70 bits per heavy atom. The van der Waals surface area contributed by atoms with Crippen molar-refractivity contribution in [2.45, 2.75) is 38.5 Å². The summed E-state index contributed by atoms with van der Waals surface area (Å²) in [7, 11) is -3.08. The van der Waals surface area contributed by atoms with E-state index in [9.17, 15) is 8.42 Å². The number of hydrogen-bond donors (Lipinski definition) is 1. The number of sulfonamides is 1. The Hall–Kier alpha value is -1.04. The summed E-state index contributed by atoms with van der Waals surface area (Å²) < 4.78 is 26.2. The number of aromatic nitrogens is 1. The highest BCUT2D eigenvalue weighted by atomic mass is 35.5. The molecule has 23 heavy (non-hydrogen) atoms. The predicted octanol–water partition coefficient (Wildman–Crippen LogP) is 4.13. The number of H-pyrrole nitrogens is 1. The number of nitrogens with one attached hydrogen (secondary N) is 1. The molecule has 1 aliphatic rings. The molecule has 1 aliphatic heterocycles. The van der Waals surface area contributed by atoms with Gasteiger partial charge in [-0.2, -0.15) is 0 Å². The van der Waals surface area contributed by atoms with Crippen LogP contribution in [0.25, 0.3) is 10.9 Å². The van der Waals surface area contributed by atoms with Gasteiger partial charge in [-0.25, -0.2) is 12.7 Å². The van der Waals surface area contributed by atoms with Crippen molar-refractivity contribution in [3.63, 3.8) is 0 Å². The van der Waals surface area contributed by atoms with Crippen molar-refractivity contribution in [2.24, 2.45) is 0 Å². The van der Waals surface area contributed by atoms with E-state index in [1.165, 1.54) is 5.69 Å². The maximum Gasteiger partial charge on any atom is 0.214 e. The van der Waals surface area contributed by atoms with Crippen LogP contribution in [0.1, 0.15) is 44.2 Å². The minimum Gasteiger partial charge on any atom is -0.358 e. The molecule has 1 aromatic carbocycles. The number of hydrogen-bond acceptors (Lipinski definition) is 2. The van der Waals surface area contributed by atoms with E-state index >= 15 is 0 Å². The van der Waals surface area contributed by atoms with Gasteiger partial charge in [0.1, 0.15) is 0 Å². The molecule has 0 atom stereocenters. The smallest absolute Gasteiger partial charge is 0.214 e. The summed E-state index contributed by atoms with van der Waals surface area (Å²) in [6.07, 6.45) is 3.39. The summed E-state index contributed by atoms with van der Waals surface area (Å²) in [6, 6.07) is 7.98. The van der Waals surface area contributed by atoms with Gasteiger partial charge in [-0.3, -0.25) is 0 Å². The lowest BCUT2D eigenvalue weighted by Crippen LogP contribution is -2.39. The highest BCUT2D eigenvalue weighted by molar-refractivity contribution is 7.89. The summed E-state index contributed by atoms with van der Waals surface area (Å²) in [6.45, 7) is 3.25. The van der Waals surface area contributed by atoms with Crippen molar-refractivity contribution in [1.29, 1.82) is 0 Å². The topological polar surface area (TPSA) is 53.2 Å². The summed E-state index contributed by atoms with van der Waals surface area (Å²) in [4.78, 5) is 3.45. The molecule has 2 aromatic rings. The summed E-state index contributed by atoms with van der Waals surface area (Å²) in [5, 5.41) is 1.85. The largest absolute Gasteiger partial charge is 0.358 e. The van der Waals surface area contributed by atoms with Gasteiger partial charge in [0.05, 0.1) is 5.75 Å². The second kappa shape index (κ2) is 6.83. The van der Waals surface area contributed by atoms with E-state index < -0.39 is 10.0 Å². The minimum absolute atomic E-state index is 0.277. The van der Waals surface area contributed by atoms with E-state index in [0.29, 0.717) is 19.0 Å². The number of nitrogens with zero attached hydrogens (tertiary/aromatic N) is 1. The van der Waals surface area contributed by atoms with Crippen molar-refractivity contribution in [3.05, 3.63) is 35.0 Å². The standard InChI is InChI=1S/C17H23ClN2O2S/c1-2-3-10-23(21,22)20-8-6-13(7-9-20)17-12-14-11-15(18)4-5-16(14)19-17/h4-5,11-13,19H,2-3,6-10H2,1H3. The van der Waals surface area contributed by atoms with E-state index in [4.69, 9.17) is 11.6 Å². The maximum absolute atomic E-state index is 12.3. The quantitative estimate of drug-likeness (QED) is 0.877. The van der Waals surface area contributed by atoms with E-state index in [0.717, 1.165) is 41.6 Å². The van der Waals surface area contributed by atoms with Crippen LogP contribution in [0, 0.1) is 0 Å². The first kappa shape index (κ1) is 16.8. The third-order valence-electron chi connectivity index (χ3n) is 4.65. The minimum atomic E-state index is -3.08. The predicted molar refractivity (Wildman–Crippen MR) is 95.6 cm³/mol. The molecule has 2 heterocycles. The van der Waals surface area contributed by atoms with Gasteiger partial charge >= 0.3 is 0 Å². The lowest BCUT2D eigenvalue weighted by atomic mass is 9.95. The van der Waals surface area contributed by atoms with E-state index in [-0.39, 0.29) is 5.75 Å². The zero-order valence-electron chi connectivity index (χ0n) is 13.4. The molecule has 1 fully saturated rings. The number of unbranched alkanes of at least 4 members (excludes halogenated alkanes) is 1. The summed E-state index contributed by atoms with van der Waals surface area (Å²) in [5.74, 6) is 0.665. The first-order chi connectivity index (χ1) is 11.0. The molecule has 3 rings (SSSR count). The Balaban J connectivity index is 1.68. The SMILES string of the molecule is CCCCS(=O)(=O)N1CCC(c2cc3cc(Cl)ccc3[nH]2)CC1. The fourth-order valence-corrected chi connectivity index (χ4v) is 5.11. The molecule has 126 valence electrons. The molecule has 0 saturated carbocycles. The molecule has 0 unspecified atom stereocenters. The Kier molecular flexibility index (Phi) is 4.99. The number of aromatic amines is 1. The van der Waals surface area contributed by atoms with Gasteiger partial charge in [-0.15, -0.1) is 0 Å². The van der Waals surface area contributed by atoms with Crippen molar-refractivity contribution in [1.82, 2.24) is 9.29 Å². The fraction of sp³-hybridized carbons (Fsp3) is 0.529. The fourth-order valence-electron chi connectivity index (χ4n) is 3.25. The molecule has 1 N–H and O–H groups in total. The molecule has 6 heteroatoms. The van der Waals surface area contributed by atoms with Crippen LogP contribution >= 0.6 is 11.6 Å². The van der Waals surface area contributed by atoms with Gasteiger partial charge in [-0.1, -0.05) is 24.9 Å². The highest BCUT2D eigenvalue weighted by Crippen LogP contribution is 2.31. The van der Waals surface area contributed by atoms with Gasteiger partial charge in [0, 0.05) is 40.6 Å². The molecule has 0 spiro atoms. The Morgan fingerprint density at radius 1 is 1.26 bits per heavy atom. The first-order valence-corrected chi connectivity index (χ1v) is 10.2. The van der Waals surface area contributed by atoms with Crippen molar-refractivity contribution in [2.75, 3.05) is 18.8 Å². The average molecular weight is 355 g/mol. The van der Waals surface area contributed by atoms with Crippen molar-refractivity contribution >= 4 is 32.5 Å². The molecule has 1 aromatic heterocycles. The van der Waals surface area contributed by atoms with Crippen molar-refractivity contribution in [3.8, 4) is 0 Å². The van der Waals surface area contributed by atoms with E-state index in [1.54, 1.807) is 4.31 Å². The van der Waals surface area contributed by atoms with Crippen LogP contribution in [0.4, 0.5) is 0 Å².